The molecule has 0 radical (unpaired) electrons. The quantitative estimate of drug-likeness (QED) is 0.532. The summed E-state index contributed by atoms with van der Waals surface area (Å²) in [6, 6.07) is 12.3. The van der Waals surface area contributed by atoms with E-state index >= 15 is 0 Å². The van der Waals surface area contributed by atoms with Gasteiger partial charge in [-0.05, 0) is 37.1 Å². The molecule has 0 fully saturated rings. The number of nitrogen functional groups attached to an aromatic ring is 1. The van der Waals surface area contributed by atoms with Gasteiger partial charge in [-0.2, -0.15) is 0 Å². The summed E-state index contributed by atoms with van der Waals surface area (Å²) in [5.41, 5.74) is 2.85. The zero-order valence-corrected chi connectivity index (χ0v) is 15.2. The Morgan fingerprint density at radius 3 is 2.69 bits per heavy atom. The second-order valence-electron chi connectivity index (χ2n) is 5.79. The van der Waals surface area contributed by atoms with E-state index in [1.54, 1.807) is 19.1 Å². The molecule has 1 heterocycles. The average molecular weight is 371 g/mol. The molecule has 0 spiro atoms. The van der Waals surface area contributed by atoms with Crippen LogP contribution in [0.3, 0.4) is 0 Å². The van der Waals surface area contributed by atoms with E-state index in [1.807, 2.05) is 31.2 Å². The molecule has 134 valence electrons. The van der Waals surface area contributed by atoms with Gasteiger partial charge in [-0.15, -0.1) is 10.2 Å². The van der Waals surface area contributed by atoms with Gasteiger partial charge in [-0.3, -0.25) is 4.79 Å². The Morgan fingerprint density at radius 1 is 1.19 bits per heavy atom. The zero-order valence-electron chi connectivity index (χ0n) is 14.4. The van der Waals surface area contributed by atoms with Crippen LogP contribution in [0.2, 0.25) is 0 Å². The van der Waals surface area contributed by atoms with E-state index in [2.05, 4.69) is 15.5 Å². The van der Waals surface area contributed by atoms with E-state index in [-0.39, 0.29) is 17.5 Å². The number of rotatable bonds is 5. The fourth-order valence-electron chi connectivity index (χ4n) is 2.38. The molecule has 3 N–H and O–H groups in total. The van der Waals surface area contributed by atoms with Crippen molar-refractivity contribution in [2.45, 2.75) is 19.0 Å². The minimum Gasteiger partial charge on any atom is -0.335 e. The lowest BCUT2D eigenvalue weighted by Crippen LogP contribution is -2.16. The molecule has 26 heavy (non-hydrogen) atoms. The van der Waals surface area contributed by atoms with Gasteiger partial charge >= 0.3 is 0 Å². The van der Waals surface area contributed by atoms with Gasteiger partial charge in [0.25, 0.3) is 0 Å². The third kappa shape index (κ3) is 3.85. The Hall–Kier alpha value is -2.87. The van der Waals surface area contributed by atoms with Crippen molar-refractivity contribution < 1.29 is 9.18 Å². The number of halogens is 1. The number of benzene rings is 2. The standard InChI is InChI=1S/C18H18FN5OS/c1-11-5-3-4-6-14(11)17-22-23-18(24(17)20)26-10-16(25)21-13-8-7-12(2)15(19)9-13/h3-9H,10,20H2,1-2H3,(H,21,25). The highest BCUT2D eigenvalue weighted by Crippen LogP contribution is 2.24. The Morgan fingerprint density at radius 2 is 1.96 bits per heavy atom. The maximum absolute atomic E-state index is 13.5. The van der Waals surface area contributed by atoms with Crippen LogP contribution in [-0.2, 0) is 4.79 Å². The molecule has 0 atom stereocenters. The lowest BCUT2D eigenvalue weighted by atomic mass is 10.1. The highest BCUT2D eigenvalue weighted by atomic mass is 32.2. The fraction of sp³-hybridized carbons (Fsp3) is 0.167. The molecule has 3 aromatic rings. The maximum Gasteiger partial charge on any atom is 0.234 e. The summed E-state index contributed by atoms with van der Waals surface area (Å²) in [6.45, 7) is 3.63. The monoisotopic (exact) mass is 371 g/mol. The van der Waals surface area contributed by atoms with Crippen LogP contribution in [0.4, 0.5) is 10.1 Å². The van der Waals surface area contributed by atoms with Crippen LogP contribution in [0.1, 0.15) is 11.1 Å². The van der Waals surface area contributed by atoms with Gasteiger partial charge in [0.1, 0.15) is 5.82 Å². The van der Waals surface area contributed by atoms with Crippen LogP contribution >= 0.6 is 11.8 Å². The van der Waals surface area contributed by atoms with Crippen molar-refractivity contribution in [1.29, 1.82) is 0 Å². The molecule has 0 saturated carbocycles. The number of aryl methyl sites for hydroxylation is 2. The van der Waals surface area contributed by atoms with Crippen molar-refractivity contribution in [2.75, 3.05) is 16.9 Å². The number of aromatic nitrogens is 3. The molecule has 0 saturated heterocycles. The number of thioether (sulfide) groups is 1. The van der Waals surface area contributed by atoms with E-state index in [1.165, 1.54) is 10.7 Å². The molecular formula is C18H18FN5OS. The van der Waals surface area contributed by atoms with Crippen LogP contribution in [0, 0.1) is 19.7 Å². The number of carbonyl (C=O) groups excluding carboxylic acids is 1. The van der Waals surface area contributed by atoms with E-state index < -0.39 is 0 Å². The topological polar surface area (TPSA) is 85.8 Å². The molecule has 8 heteroatoms. The number of hydrogen-bond donors (Lipinski definition) is 2. The van der Waals surface area contributed by atoms with Crippen LogP contribution in [-0.4, -0.2) is 26.5 Å². The number of nitrogens with two attached hydrogens (primary N) is 1. The summed E-state index contributed by atoms with van der Waals surface area (Å²) in [6.07, 6.45) is 0. The number of anilines is 1. The first kappa shape index (κ1) is 17.9. The van der Waals surface area contributed by atoms with Crippen molar-refractivity contribution in [3.8, 4) is 11.4 Å². The molecule has 6 nitrogen and oxygen atoms in total. The van der Waals surface area contributed by atoms with Gasteiger partial charge in [-0.1, -0.05) is 42.1 Å². The molecular weight excluding hydrogens is 353 g/mol. The van der Waals surface area contributed by atoms with Crippen LogP contribution in [0.5, 0.6) is 0 Å². The molecule has 0 unspecified atom stereocenters. The molecule has 0 aliphatic carbocycles. The Bertz CT molecular complexity index is 957. The van der Waals surface area contributed by atoms with Crippen LogP contribution in [0.25, 0.3) is 11.4 Å². The highest BCUT2D eigenvalue weighted by molar-refractivity contribution is 7.99. The van der Waals surface area contributed by atoms with Crippen LogP contribution in [0.15, 0.2) is 47.6 Å². The van der Waals surface area contributed by atoms with Gasteiger partial charge in [0.15, 0.2) is 5.82 Å². The number of amides is 1. The molecule has 2 aromatic carbocycles. The fourth-order valence-corrected chi connectivity index (χ4v) is 3.04. The summed E-state index contributed by atoms with van der Waals surface area (Å²) in [7, 11) is 0. The number of nitrogens with one attached hydrogen (secondary N) is 1. The highest BCUT2D eigenvalue weighted by Gasteiger charge is 2.15. The largest absolute Gasteiger partial charge is 0.335 e. The average Bonchev–Trinajstić information content (AvgIpc) is 2.97. The van der Waals surface area contributed by atoms with Crippen molar-refractivity contribution in [3.05, 3.63) is 59.4 Å². The number of carbonyl (C=O) groups is 1. The van der Waals surface area contributed by atoms with Gasteiger partial charge in [0.2, 0.25) is 11.1 Å². The maximum atomic E-state index is 13.5. The van der Waals surface area contributed by atoms with Crippen LogP contribution < -0.4 is 11.2 Å². The van der Waals surface area contributed by atoms with Gasteiger partial charge < -0.3 is 11.2 Å². The van der Waals surface area contributed by atoms with Crippen molar-refractivity contribution >= 4 is 23.4 Å². The van der Waals surface area contributed by atoms with E-state index in [4.69, 9.17) is 5.84 Å². The Kier molecular flexibility index (Phi) is 5.22. The summed E-state index contributed by atoms with van der Waals surface area (Å²) in [5.74, 6) is 6.04. The minimum absolute atomic E-state index is 0.0819. The van der Waals surface area contributed by atoms with Crippen molar-refractivity contribution in [1.82, 2.24) is 14.9 Å². The molecule has 0 aliphatic rings. The second-order valence-corrected chi connectivity index (χ2v) is 6.73. The first-order valence-corrected chi connectivity index (χ1v) is 8.89. The lowest BCUT2D eigenvalue weighted by molar-refractivity contribution is -0.113. The first-order chi connectivity index (χ1) is 12.5. The normalized spacial score (nSPS) is 10.7. The summed E-state index contributed by atoms with van der Waals surface area (Å²) >= 11 is 1.16. The minimum atomic E-state index is -0.361. The third-order valence-corrected chi connectivity index (χ3v) is 4.78. The van der Waals surface area contributed by atoms with Crippen molar-refractivity contribution in [3.63, 3.8) is 0 Å². The summed E-state index contributed by atoms with van der Waals surface area (Å²) < 4.78 is 14.9. The predicted molar refractivity (Wildman–Crippen MR) is 101 cm³/mol. The Labute approximate surface area is 154 Å². The Balaban J connectivity index is 1.66. The smallest absolute Gasteiger partial charge is 0.234 e. The molecule has 0 aliphatic heterocycles. The number of nitrogens with zero attached hydrogens (tertiary/aromatic N) is 3. The predicted octanol–water partition coefficient (Wildman–Crippen LogP) is 3.15. The molecule has 0 bridgehead atoms. The van der Waals surface area contributed by atoms with Gasteiger partial charge in [0.05, 0.1) is 5.75 Å². The van der Waals surface area contributed by atoms with Crippen molar-refractivity contribution in [2.24, 2.45) is 0 Å². The number of hydrogen-bond acceptors (Lipinski definition) is 5. The van der Waals surface area contributed by atoms with E-state index in [9.17, 15) is 9.18 Å². The van der Waals surface area contributed by atoms with E-state index in [0.717, 1.165) is 22.9 Å². The second kappa shape index (κ2) is 7.57. The third-order valence-electron chi connectivity index (χ3n) is 3.84. The molecule has 1 amide bonds. The zero-order chi connectivity index (χ0) is 18.7. The summed E-state index contributed by atoms with van der Waals surface area (Å²) in [5, 5.41) is 11.2. The van der Waals surface area contributed by atoms with E-state index in [0.29, 0.717) is 22.2 Å². The van der Waals surface area contributed by atoms with Gasteiger partial charge in [0, 0.05) is 11.3 Å². The molecule has 3 rings (SSSR count). The molecule has 1 aromatic heterocycles. The first-order valence-electron chi connectivity index (χ1n) is 7.91. The lowest BCUT2D eigenvalue weighted by Gasteiger charge is -2.07. The van der Waals surface area contributed by atoms with Gasteiger partial charge in [-0.25, -0.2) is 9.07 Å². The SMILES string of the molecule is Cc1ccc(NC(=O)CSc2nnc(-c3ccccc3C)n2N)cc1F. The summed E-state index contributed by atoms with van der Waals surface area (Å²) in [4.78, 5) is 12.1.